The van der Waals surface area contributed by atoms with E-state index in [9.17, 15) is 4.79 Å². The van der Waals surface area contributed by atoms with E-state index in [1.807, 2.05) is 16.8 Å². The number of amides is 1. The normalized spacial score (nSPS) is 10.5. The zero-order valence-corrected chi connectivity index (χ0v) is 10.9. The first-order valence-corrected chi connectivity index (χ1v) is 5.93. The SMILES string of the molecule is CC(=O)NCCNc1nc(Br)cn2ccnc12. The van der Waals surface area contributed by atoms with Gasteiger partial charge in [0.1, 0.15) is 4.60 Å². The van der Waals surface area contributed by atoms with Crippen LogP contribution in [0.3, 0.4) is 0 Å². The first-order chi connectivity index (χ1) is 8.16. The number of carbonyl (C=O) groups is 1. The van der Waals surface area contributed by atoms with Crippen molar-refractivity contribution in [3.8, 4) is 0 Å². The molecule has 0 atom stereocenters. The molecule has 17 heavy (non-hydrogen) atoms. The summed E-state index contributed by atoms with van der Waals surface area (Å²) < 4.78 is 2.60. The molecule has 0 radical (unpaired) electrons. The van der Waals surface area contributed by atoms with Gasteiger partial charge < -0.3 is 15.0 Å². The molecule has 2 aromatic heterocycles. The minimum absolute atomic E-state index is 0.0417. The highest BCUT2D eigenvalue weighted by Crippen LogP contribution is 2.16. The second-order valence-electron chi connectivity index (χ2n) is 3.48. The second kappa shape index (κ2) is 5.13. The van der Waals surface area contributed by atoms with Crippen molar-refractivity contribution in [2.24, 2.45) is 0 Å². The summed E-state index contributed by atoms with van der Waals surface area (Å²) >= 11 is 3.33. The van der Waals surface area contributed by atoms with Crippen molar-refractivity contribution in [3.63, 3.8) is 0 Å². The van der Waals surface area contributed by atoms with Crippen LogP contribution in [0.1, 0.15) is 6.92 Å². The molecule has 0 spiro atoms. The lowest BCUT2D eigenvalue weighted by molar-refractivity contribution is -0.118. The lowest BCUT2D eigenvalue weighted by Crippen LogP contribution is -2.26. The van der Waals surface area contributed by atoms with Gasteiger partial charge in [0.25, 0.3) is 0 Å². The Kier molecular flexibility index (Phi) is 3.58. The summed E-state index contributed by atoms with van der Waals surface area (Å²) in [6.45, 7) is 2.64. The number of hydrogen-bond acceptors (Lipinski definition) is 4. The molecule has 2 heterocycles. The number of rotatable bonds is 4. The Labute approximate surface area is 107 Å². The topological polar surface area (TPSA) is 71.3 Å². The molecule has 2 rings (SSSR count). The maximum atomic E-state index is 10.7. The number of nitrogens with one attached hydrogen (secondary N) is 2. The number of imidazole rings is 1. The lowest BCUT2D eigenvalue weighted by atomic mass is 10.5. The third-order valence-corrected chi connectivity index (χ3v) is 2.52. The molecule has 0 fully saturated rings. The van der Waals surface area contributed by atoms with Crippen LogP contribution in [-0.4, -0.2) is 33.4 Å². The number of aromatic nitrogens is 3. The van der Waals surface area contributed by atoms with Crippen LogP contribution in [-0.2, 0) is 4.79 Å². The Bertz CT molecular complexity index is 538. The smallest absolute Gasteiger partial charge is 0.216 e. The number of hydrogen-bond donors (Lipinski definition) is 2. The van der Waals surface area contributed by atoms with Gasteiger partial charge in [-0.25, -0.2) is 9.97 Å². The van der Waals surface area contributed by atoms with Crippen molar-refractivity contribution < 1.29 is 4.79 Å². The average Bonchev–Trinajstić information content (AvgIpc) is 2.71. The van der Waals surface area contributed by atoms with Crippen molar-refractivity contribution >= 4 is 33.3 Å². The van der Waals surface area contributed by atoms with Gasteiger partial charge >= 0.3 is 0 Å². The standard InChI is InChI=1S/C10H12BrN5O/c1-7(17)12-2-3-13-9-10-14-4-5-16(10)6-8(11)15-9/h4-6H,2-3H2,1H3,(H,12,17)(H,13,15). The summed E-state index contributed by atoms with van der Waals surface area (Å²) in [7, 11) is 0. The summed E-state index contributed by atoms with van der Waals surface area (Å²) in [6.07, 6.45) is 5.39. The molecule has 2 N–H and O–H groups in total. The Morgan fingerprint density at radius 1 is 1.53 bits per heavy atom. The van der Waals surface area contributed by atoms with Crippen molar-refractivity contribution in [2.75, 3.05) is 18.4 Å². The maximum Gasteiger partial charge on any atom is 0.216 e. The van der Waals surface area contributed by atoms with Gasteiger partial charge in [-0.2, -0.15) is 0 Å². The van der Waals surface area contributed by atoms with Crippen LogP contribution >= 0.6 is 15.9 Å². The second-order valence-corrected chi connectivity index (χ2v) is 4.29. The Morgan fingerprint density at radius 2 is 2.35 bits per heavy atom. The van der Waals surface area contributed by atoms with Gasteiger partial charge in [0.05, 0.1) is 0 Å². The van der Waals surface area contributed by atoms with Gasteiger partial charge in [-0.1, -0.05) is 0 Å². The van der Waals surface area contributed by atoms with Crippen molar-refractivity contribution in [1.82, 2.24) is 19.7 Å². The summed E-state index contributed by atoms with van der Waals surface area (Å²) in [5, 5.41) is 5.83. The minimum atomic E-state index is -0.0417. The van der Waals surface area contributed by atoms with Crippen LogP contribution in [0.25, 0.3) is 5.65 Å². The number of anilines is 1. The highest BCUT2D eigenvalue weighted by atomic mass is 79.9. The van der Waals surface area contributed by atoms with Crippen LogP contribution in [0.15, 0.2) is 23.2 Å². The third kappa shape index (κ3) is 2.94. The number of halogens is 1. The zero-order valence-electron chi connectivity index (χ0n) is 9.27. The van der Waals surface area contributed by atoms with E-state index in [0.29, 0.717) is 18.9 Å². The molecule has 1 amide bonds. The van der Waals surface area contributed by atoms with E-state index in [0.717, 1.165) is 10.3 Å². The summed E-state index contributed by atoms with van der Waals surface area (Å²) in [5.74, 6) is 0.648. The molecule has 0 aliphatic rings. The molecule has 7 heteroatoms. The van der Waals surface area contributed by atoms with Crippen molar-refractivity contribution in [3.05, 3.63) is 23.2 Å². The molecule has 0 aliphatic heterocycles. The van der Waals surface area contributed by atoms with Crippen LogP contribution in [0.2, 0.25) is 0 Å². The number of carbonyl (C=O) groups excluding carboxylic acids is 1. The molecule has 0 bridgehead atoms. The highest BCUT2D eigenvalue weighted by molar-refractivity contribution is 9.10. The van der Waals surface area contributed by atoms with E-state index in [1.165, 1.54) is 6.92 Å². The van der Waals surface area contributed by atoms with Gasteiger partial charge in [-0.05, 0) is 15.9 Å². The molecule has 0 aromatic carbocycles. The highest BCUT2D eigenvalue weighted by Gasteiger charge is 2.05. The predicted molar refractivity (Wildman–Crippen MR) is 67.9 cm³/mol. The van der Waals surface area contributed by atoms with Crippen LogP contribution < -0.4 is 10.6 Å². The van der Waals surface area contributed by atoms with E-state index in [-0.39, 0.29) is 5.91 Å². The summed E-state index contributed by atoms with van der Waals surface area (Å²) in [5.41, 5.74) is 0.760. The van der Waals surface area contributed by atoms with Crippen LogP contribution in [0.5, 0.6) is 0 Å². The first kappa shape index (κ1) is 11.8. The molecule has 0 aliphatic carbocycles. The van der Waals surface area contributed by atoms with Crippen molar-refractivity contribution in [1.29, 1.82) is 0 Å². The molecule has 90 valence electrons. The monoisotopic (exact) mass is 297 g/mol. The molecule has 0 saturated heterocycles. The molecule has 0 unspecified atom stereocenters. The van der Waals surface area contributed by atoms with Crippen LogP contribution in [0.4, 0.5) is 5.82 Å². The lowest BCUT2D eigenvalue weighted by Gasteiger charge is -2.07. The molecular weight excluding hydrogens is 286 g/mol. The fourth-order valence-corrected chi connectivity index (χ4v) is 1.84. The van der Waals surface area contributed by atoms with Gasteiger partial charge in [0, 0.05) is 38.6 Å². The van der Waals surface area contributed by atoms with Crippen molar-refractivity contribution in [2.45, 2.75) is 6.92 Å². The molecule has 2 aromatic rings. The first-order valence-electron chi connectivity index (χ1n) is 5.14. The van der Waals surface area contributed by atoms with E-state index in [2.05, 4.69) is 36.5 Å². The van der Waals surface area contributed by atoms with E-state index in [4.69, 9.17) is 0 Å². The van der Waals surface area contributed by atoms with Gasteiger partial charge in [0.2, 0.25) is 5.91 Å². The minimum Gasteiger partial charge on any atom is -0.365 e. The van der Waals surface area contributed by atoms with E-state index in [1.54, 1.807) is 6.20 Å². The number of fused-ring (bicyclic) bond motifs is 1. The summed E-state index contributed by atoms with van der Waals surface area (Å²) in [6, 6.07) is 0. The van der Waals surface area contributed by atoms with Gasteiger partial charge in [-0.3, -0.25) is 4.79 Å². The van der Waals surface area contributed by atoms with E-state index < -0.39 is 0 Å². The Morgan fingerprint density at radius 3 is 3.12 bits per heavy atom. The Hall–Kier alpha value is -1.63. The number of nitrogens with zero attached hydrogens (tertiary/aromatic N) is 3. The predicted octanol–water partition coefficient (Wildman–Crippen LogP) is 1.04. The fourth-order valence-electron chi connectivity index (χ4n) is 1.44. The maximum absolute atomic E-state index is 10.7. The van der Waals surface area contributed by atoms with Crippen LogP contribution in [0, 0.1) is 0 Å². The molecule has 6 nitrogen and oxygen atoms in total. The summed E-state index contributed by atoms with van der Waals surface area (Å²) in [4.78, 5) is 19.2. The Balaban J connectivity index is 2.07. The molecule has 0 saturated carbocycles. The van der Waals surface area contributed by atoms with Gasteiger partial charge in [-0.15, -0.1) is 0 Å². The molecular formula is C10H12BrN5O. The third-order valence-electron chi connectivity index (χ3n) is 2.14. The zero-order chi connectivity index (χ0) is 12.3. The van der Waals surface area contributed by atoms with Gasteiger partial charge in [0.15, 0.2) is 11.5 Å². The largest absolute Gasteiger partial charge is 0.365 e. The average molecular weight is 298 g/mol. The fraction of sp³-hybridized carbons (Fsp3) is 0.300. The van der Waals surface area contributed by atoms with E-state index >= 15 is 0 Å². The quantitative estimate of drug-likeness (QED) is 0.827.